The van der Waals surface area contributed by atoms with E-state index in [2.05, 4.69) is 5.32 Å². The smallest absolute Gasteiger partial charge is 0.157 e. The fourth-order valence-corrected chi connectivity index (χ4v) is 1.81. The second-order valence-corrected chi connectivity index (χ2v) is 4.42. The first-order valence-corrected chi connectivity index (χ1v) is 6.14. The van der Waals surface area contributed by atoms with Gasteiger partial charge in [-0.3, -0.25) is 0 Å². The lowest BCUT2D eigenvalue weighted by molar-refractivity contribution is 0.403. The molecule has 0 heterocycles. The quantitative estimate of drug-likeness (QED) is 0.505. The molecule has 0 atom stereocenters. The highest BCUT2D eigenvalue weighted by Gasteiger charge is 2.00. The predicted octanol–water partition coefficient (Wildman–Crippen LogP) is 2.56. The number of aromatic hydroxyl groups is 3. The maximum Gasteiger partial charge on any atom is 0.157 e. The number of rotatable bonds is 5. The number of hydrogen-bond donors (Lipinski definition) is 4. The fraction of sp³-hybridized carbons (Fsp3) is 0.200. The SMILES string of the molecule is Cl.Oc1ccc(CCNCc2ccc(O)c(O)c2)cc1. The first-order valence-electron chi connectivity index (χ1n) is 6.14. The molecule has 0 fully saturated rings. The van der Waals surface area contributed by atoms with Crippen molar-refractivity contribution >= 4 is 12.4 Å². The van der Waals surface area contributed by atoms with Gasteiger partial charge in [0.2, 0.25) is 0 Å². The van der Waals surface area contributed by atoms with Crippen LogP contribution in [-0.2, 0) is 13.0 Å². The minimum absolute atomic E-state index is 0. The lowest BCUT2D eigenvalue weighted by atomic mass is 10.1. The van der Waals surface area contributed by atoms with Gasteiger partial charge in [0.15, 0.2) is 11.5 Å². The van der Waals surface area contributed by atoms with Gasteiger partial charge in [0.05, 0.1) is 0 Å². The zero-order valence-corrected chi connectivity index (χ0v) is 11.7. The van der Waals surface area contributed by atoms with Crippen LogP contribution in [0, 0.1) is 0 Å². The van der Waals surface area contributed by atoms with Crippen molar-refractivity contribution in [1.29, 1.82) is 0 Å². The Labute approximate surface area is 124 Å². The van der Waals surface area contributed by atoms with Crippen LogP contribution < -0.4 is 5.32 Å². The lowest BCUT2D eigenvalue weighted by Gasteiger charge is -2.06. The van der Waals surface area contributed by atoms with Gasteiger partial charge in [-0.05, 0) is 48.4 Å². The molecule has 2 rings (SSSR count). The highest BCUT2D eigenvalue weighted by Crippen LogP contribution is 2.24. The van der Waals surface area contributed by atoms with Crippen LogP contribution in [-0.4, -0.2) is 21.9 Å². The molecule has 2 aromatic rings. The Bertz CT molecular complexity index is 543. The summed E-state index contributed by atoms with van der Waals surface area (Å²) in [5.74, 6) is 0.0713. The lowest BCUT2D eigenvalue weighted by Crippen LogP contribution is -2.16. The monoisotopic (exact) mass is 295 g/mol. The highest BCUT2D eigenvalue weighted by atomic mass is 35.5. The highest BCUT2D eigenvalue weighted by molar-refractivity contribution is 5.85. The molecule has 0 spiro atoms. The Morgan fingerprint density at radius 3 is 2.10 bits per heavy atom. The number of phenolic OH excluding ortho intramolecular Hbond substituents is 3. The molecule has 4 nitrogen and oxygen atoms in total. The zero-order chi connectivity index (χ0) is 13.7. The molecule has 4 N–H and O–H groups in total. The largest absolute Gasteiger partial charge is 0.508 e. The molecular weight excluding hydrogens is 278 g/mol. The second kappa shape index (κ2) is 7.62. The van der Waals surface area contributed by atoms with E-state index in [9.17, 15) is 10.2 Å². The van der Waals surface area contributed by atoms with Crippen LogP contribution in [0.15, 0.2) is 42.5 Å². The van der Waals surface area contributed by atoms with Crippen LogP contribution in [0.3, 0.4) is 0 Å². The molecule has 0 aliphatic rings. The maximum absolute atomic E-state index is 9.36. The van der Waals surface area contributed by atoms with Crippen molar-refractivity contribution in [3.05, 3.63) is 53.6 Å². The summed E-state index contributed by atoms with van der Waals surface area (Å²) in [5.41, 5.74) is 2.07. The van der Waals surface area contributed by atoms with E-state index in [-0.39, 0.29) is 29.7 Å². The van der Waals surface area contributed by atoms with Gasteiger partial charge in [0.1, 0.15) is 5.75 Å². The summed E-state index contributed by atoms with van der Waals surface area (Å²) in [6, 6.07) is 11.9. The van der Waals surface area contributed by atoms with Gasteiger partial charge in [-0.15, -0.1) is 12.4 Å². The van der Waals surface area contributed by atoms with Gasteiger partial charge in [-0.1, -0.05) is 18.2 Å². The van der Waals surface area contributed by atoms with Crippen molar-refractivity contribution in [2.24, 2.45) is 0 Å². The van der Waals surface area contributed by atoms with Crippen LogP contribution in [0.5, 0.6) is 17.2 Å². The van der Waals surface area contributed by atoms with Crippen LogP contribution in [0.1, 0.15) is 11.1 Å². The molecule has 108 valence electrons. The van der Waals surface area contributed by atoms with E-state index in [1.165, 1.54) is 6.07 Å². The van der Waals surface area contributed by atoms with Crippen molar-refractivity contribution in [2.45, 2.75) is 13.0 Å². The average Bonchev–Trinajstić information content (AvgIpc) is 2.41. The first kappa shape index (κ1) is 16.1. The van der Waals surface area contributed by atoms with E-state index < -0.39 is 0 Å². The van der Waals surface area contributed by atoms with E-state index >= 15 is 0 Å². The number of nitrogens with one attached hydrogen (secondary N) is 1. The average molecular weight is 296 g/mol. The van der Waals surface area contributed by atoms with Gasteiger partial charge < -0.3 is 20.6 Å². The molecule has 20 heavy (non-hydrogen) atoms. The maximum atomic E-state index is 9.36. The van der Waals surface area contributed by atoms with Crippen molar-refractivity contribution in [3.8, 4) is 17.2 Å². The van der Waals surface area contributed by atoms with E-state index in [4.69, 9.17) is 5.11 Å². The zero-order valence-electron chi connectivity index (χ0n) is 10.9. The summed E-state index contributed by atoms with van der Waals surface area (Å²) >= 11 is 0. The van der Waals surface area contributed by atoms with Crippen LogP contribution in [0.25, 0.3) is 0 Å². The molecule has 0 aromatic heterocycles. The predicted molar refractivity (Wildman–Crippen MR) is 80.5 cm³/mol. The molecule has 0 bridgehead atoms. The third-order valence-corrected chi connectivity index (χ3v) is 2.90. The molecule has 0 amide bonds. The second-order valence-electron chi connectivity index (χ2n) is 4.42. The van der Waals surface area contributed by atoms with Crippen molar-refractivity contribution in [1.82, 2.24) is 5.32 Å². The molecule has 2 aromatic carbocycles. The summed E-state index contributed by atoms with van der Waals surface area (Å²) in [6.07, 6.45) is 0.865. The van der Waals surface area contributed by atoms with Crippen molar-refractivity contribution in [3.63, 3.8) is 0 Å². The van der Waals surface area contributed by atoms with Gasteiger partial charge in [-0.25, -0.2) is 0 Å². The molecule has 0 saturated carbocycles. The van der Waals surface area contributed by atoms with E-state index in [0.717, 1.165) is 24.1 Å². The van der Waals surface area contributed by atoms with Gasteiger partial charge in [0, 0.05) is 6.54 Å². The van der Waals surface area contributed by atoms with E-state index in [1.807, 2.05) is 12.1 Å². The van der Waals surface area contributed by atoms with Crippen LogP contribution >= 0.6 is 12.4 Å². The van der Waals surface area contributed by atoms with Crippen LogP contribution in [0.2, 0.25) is 0 Å². The van der Waals surface area contributed by atoms with Gasteiger partial charge in [-0.2, -0.15) is 0 Å². The summed E-state index contributed by atoms with van der Waals surface area (Å²) in [6.45, 7) is 1.43. The van der Waals surface area contributed by atoms with E-state index in [1.54, 1.807) is 24.3 Å². The van der Waals surface area contributed by atoms with E-state index in [0.29, 0.717) is 6.54 Å². The molecule has 0 aliphatic heterocycles. The molecule has 0 aliphatic carbocycles. The van der Waals surface area contributed by atoms with Crippen molar-refractivity contribution in [2.75, 3.05) is 6.54 Å². The van der Waals surface area contributed by atoms with Gasteiger partial charge in [0.25, 0.3) is 0 Å². The first-order chi connectivity index (χ1) is 9.15. The standard InChI is InChI=1S/C15H17NO3.ClH/c17-13-4-1-11(2-5-13)7-8-16-10-12-3-6-14(18)15(19)9-12;/h1-6,9,16-19H,7-8,10H2;1H. The third kappa shape index (κ3) is 4.64. The number of phenols is 3. The summed E-state index contributed by atoms with van der Waals surface area (Å²) in [7, 11) is 0. The summed E-state index contributed by atoms with van der Waals surface area (Å²) in [5, 5.41) is 31.0. The topological polar surface area (TPSA) is 72.7 Å². The Morgan fingerprint density at radius 2 is 1.45 bits per heavy atom. The number of benzene rings is 2. The molecule has 5 heteroatoms. The Kier molecular flexibility index (Phi) is 6.15. The Balaban J connectivity index is 0.00000200. The van der Waals surface area contributed by atoms with Crippen molar-refractivity contribution < 1.29 is 15.3 Å². The molecule has 0 radical (unpaired) electrons. The number of hydrogen-bond acceptors (Lipinski definition) is 4. The number of halogens is 1. The Morgan fingerprint density at radius 1 is 0.800 bits per heavy atom. The third-order valence-electron chi connectivity index (χ3n) is 2.90. The van der Waals surface area contributed by atoms with Crippen LogP contribution in [0.4, 0.5) is 0 Å². The Hall–Kier alpha value is -1.91. The fourth-order valence-electron chi connectivity index (χ4n) is 1.81. The normalized spacial score (nSPS) is 10.0. The summed E-state index contributed by atoms with van der Waals surface area (Å²) < 4.78 is 0. The minimum Gasteiger partial charge on any atom is -0.508 e. The molecule has 0 saturated heterocycles. The molecule has 0 unspecified atom stereocenters. The minimum atomic E-state index is -0.104. The van der Waals surface area contributed by atoms with Gasteiger partial charge >= 0.3 is 0 Å². The summed E-state index contributed by atoms with van der Waals surface area (Å²) in [4.78, 5) is 0. The molecular formula is C15H18ClNO3.